The highest BCUT2D eigenvalue weighted by Crippen LogP contribution is 2.13. The predicted molar refractivity (Wildman–Crippen MR) is 98.1 cm³/mol. The first kappa shape index (κ1) is 17.4. The molecule has 5 heteroatoms. The van der Waals surface area contributed by atoms with Gasteiger partial charge in [0.1, 0.15) is 5.82 Å². The van der Waals surface area contributed by atoms with E-state index in [0.717, 1.165) is 37.3 Å². The van der Waals surface area contributed by atoms with Crippen molar-refractivity contribution in [3.05, 3.63) is 65.5 Å². The van der Waals surface area contributed by atoms with Crippen molar-refractivity contribution in [1.82, 2.24) is 9.80 Å². The minimum absolute atomic E-state index is 0.0503. The van der Waals surface area contributed by atoms with Crippen LogP contribution in [-0.4, -0.2) is 42.0 Å². The summed E-state index contributed by atoms with van der Waals surface area (Å²) in [5.74, 6) is -0.211. The van der Waals surface area contributed by atoms with E-state index in [4.69, 9.17) is 0 Å². The Kier molecular flexibility index (Phi) is 5.66. The Labute approximate surface area is 148 Å². The standard InChI is InChI=1S/C20H24FN3O/c1-2-16-5-9-19(10-6-16)22-20(25)24-13-11-23(12-14-24)15-17-3-7-18(21)8-4-17/h3-10H,2,11-15H2,1H3,(H,22,25). The summed E-state index contributed by atoms with van der Waals surface area (Å²) in [6.07, 6.45) is 0.990. The topological polar surface area (TPSA) is 35.6 Å². The lowest BCUT2D eigenvalue weighted by molar-refractivity contribution is 0.143. The van der Waals surface area contributed by atoms with Gasteiger partial charge in [-0.3, -0.25) is 4.90 Å². The van der Waals surface area contributed by atoms with Crippen LogP contribution in [0, 0.1) is 5.82 Å². The number of halogens is 1. The molecule has 0 spiro atoms. The highest BCUT2D eigenvalue weighted by atomic mass is 19.1. The number of carbonyl (C=O) groups is 1. The molecule has 2 amide bonds. The molecule has 4 nitrogen and oxygen atoms in total. The molecule has 0 bridgehead atoms. The zero-order chi connectivity index (χ0) is 17.6. The Bertz CT molecular complexity index is 692. The molecule has 0 aliphatic carbocycles. The molecule has 1 aliphatic rings. The second kappa shape index (κ2) is 8.12. The van der Waals surface area contributed by atoms with Crippen molar-refractivity contribution in [1.29, 1.82) is 0 Å². The van der Waals surface area contributed by atoms with Crippen molar-refractivity contribution < 1.29 is 9.18 Å². The monoisotopic (exact) mass is 341 g/mol. The van der Waals surface area contributed by atoms with E-state index in [1.54, 1.807) is 0 Å². The molecule has 3 rings (SSSR count). The van der Waals surface area contributed by atoms with Gasteiger partial charge < -0.3 is 10.2 Å². The zero-order valence-corrected chi connectivity index (χ0v) is 14.5. The van der Waals surface area contributed by atoms with E-state index in [1.165, 1.54) is 17.7 Å². The van der Waals surface area contributed by atoms with Crippen molar-refractivity contribution in [2.24, 2.45) is 0 Å². The van der Waals surface area contributed by atoms with Crippen LogP contribution in [0.1, 0.15) is 18.1 Å². The summed E-state index contributed by atoms with van der Waals surface area (Å²) in [5.41, 5.74) is 3.18. The second-order valence-corrected chi connectivity index (χ2v) is 6.37. The van der Waals surface area contributed by atoms with Crippen LogP contribution in [0.2, 0.25) is 0 Å². The van der Waals surface area contributed by atoms with Gasteiger partial charge in [0.05, 0.1) is 0 Å². The molecule has 25 heavy (non-hydrogen) atoms. The van der Waals surface area contributed by atoms with E-state index < -0.39 is 0 Å². The molecular formula is C20H24FN3O. The number of piperazine rings is 1. The number of nitrogens with one attached hydrogen (secondary N) is 1. The Morgan fingerprint density at radius 3 is 2.16 bits per heavy atom. The Hall–Kier alpha value is -2.40. The maximum absolute atomic E-state index is 13.0. The summed E-state index contributed by atoms with van der Waals surface area (Å²) in [5, 5.41) is 2.96. The van der Waals surface area contributed by atoms with Gasteiger partial charge in [-0.2, -0.15) is 0 Å². The van der Waals surface area contributed by atoms with Crippen molar-refractivity contribution >= 4 is 11.7 Å². The first-order valence-corrected chi connectivity index (χ1v) is 8.75. The molecule has 1 saturated heterocycles. The molecule has 2 aromatic carbocycles. The number of anilines is 1. The van der Waals surface area contributed by atoms with E-state index >= 15 is 0 Å². The smallest absolute Gasteiger partial charge is 0.321 e. The number of aryl methyl sites for hydroxylation is 1. The summed E-state index contributed by atoms with van der Waals surface area (Å²) in [7, 11) is 0. The molecule has 132 valence electrons. The first-order valence-electron chi connectivity index (χ1n) is 8.75. The summed E-state index contributed by atoms with van der Waals surface area (Å²) >= 11 is 0. The average molecular weight is 341 g/mol. The lowest BCUT2D eigenvalue weighted by atomic mass is 10.1. The molecule has 0 aromatic heterocycles. The fourth-order valence-electron chi connectivity index (χ4n) is 2.98. The van der Waals surface area contributed by atoms with Gasteiger partial charge >= 0.3 is 6.03 Å². The first-order chi connectivity index (χ1) is 12.1. The van der Waals surface area contributed by atoms with Gasteiger partial charge in [-0.15, -0.1) is 0 Å². The molecule has 1 fully saturated rings. The van der Waals surface area contributed by atoms with Crippen molar-refractivity contribution in [2.45, 2.75) is 19.9 Å². The van der Waals surface area contributed by atoms with Crippen molar-refractivity contribution in [3.63, 3.8) is 0 Å². The molecule has 0 unspecified atom stereocenters. The summed E-state index contributed by atoms with van der Waals surface area (Å²) in [6.45, 7) is 5.92. The Balaban J connectivity index is 1.47. The third-order valence-corrected chi connectivity index (χ3v) is 4.59. The van der Waals surface area contributed by atoms with Crippen LogP contribution in [0.4, 0.5) is 14.9 Å². The quantitative estimate of drug-likeness (QED) is 0.919. The van der Waals surface area contributed by atoms with Gasteiger partial charge in [0.2, 0.25) is 0 Å². The molecular weight excluding hydrogens is 317 g/mol. The lowest BCUT2D eigenvalue weighted by Crippen LogP contribution is -2.49. The third-order valence-electron chi connectivity index (χ3n) is 4.59. The number of nitrogens with zero attached hydrogens (tertiary/aromatic N) is 2. The molecule has 1 heterocycles. The van der Waals surface area contributed by atoms with E-state index in [9.17, 15) is 9.18 Å². The SMILES string of the molecule is CCc1ccc(NC(=O)N2CCN(Cc3ccc(F)cc3)CC2)cc1. The summed E-state index contributed by atoms with van der Waals surface area (Å²) in [4.78, 5) is 16.5. The van der Waals surface area contributed by atoms with Gasteiger partial charge in [0.15, 0.2) is 0 Å². The van der Waals surface area contributed by atoms with Crippen LogP contribution in [-0.2, 0) is 13.0 Å². The molecule has 2 aromatic rings. The van der Waals surface area contributed by atoms with E-state index in [1.807, 2.05) is 41.3 Å². The maximum Gasteiger partial charge on any atom is 0.321 e. The number of carbonyl (C=O) groups excluding carboxylic acids is 1. The largest absolute Gasteiger partial charge is 0.322 e. The highest BCUT2D eigenvalue weighted by Gasteiger charge is 2.21. The van der Waals surface area contributed by atoms with E-state index in [0.29, 0.717) is 13.1 Å². The fourth-order valence-corrected chi connectivity index (χ4v) is 2.98. The minimum atomic E-state index is -0.211. The Morgan fingerprint density at radius 1 is 0.960 bits per heavy atom. The van der Waals surface area contributed by atoms with Gasteiger partial charge in [0.25, 0.3) is 0 Å². The van der Waals surface area contributed by atoms with Gasteiger partial charge in [0, 0.05) is 38.4 Å². The molecule has 1 aliphatic heterocycles. The van der Waals surface area contributed by atoms with Crippen LogP contribution in [0.15, 0.2) is 48.5 Å². The number of amides is 2. The summed E-state index contributed by atoms with van der Waals surface area (Å²) < 4.78 is 13.0. The van der Waals surface area contributed by atoms with E-state index in [-0.39, 0.29) is 11.8 Å². The summed E-state index contributed by atoms with van der Waals surface area (Å²) in [6, 6.07) is 14.5. The number of hydrogen-bond acceptors (Lipinski definition) is 2. The number of rotatable bonds is 4. The zero-order valence-electron chi connectivity index (χ0n) is 14.5. The maximum atomic E-state index is 13.0. The molecule has 0 atom stereocenters. The van der Waals surface area contributed by atoms with Crippen LogP contribution in [0.3, 0.4) is 0 Å². The molecule has 0 saturated carbocycles. The van der Waals surface area contributed by atoms with Crippen molar-refractivity contribution in [3.8, 4) is 0 Å². The van der Waals surface area contributed by atoms with Crippen molar-refractivity contribution in [2.75, 3.05) is 31.5 Å². The average Bonchev–Trinajstić information content (AvgIpc) is 2.65. The molecule has 0 radical (unpaired) electrons. The number of urea groups is 1. The number of benzene rings is 2. The minimum Gasteiger partial charge on any atom is -0.322 e. The van der Waals surface area contributed by atoms with Crippen LogP contribution in [0.25, 0.3) is 0 Å². The lowest BCUT2D eigenvalue weighted by Gasteiger charge is -2.34. The van der Waals surface area contributed by atoms with Gasteiger partial charge in [-0.1, -0.05) is 31.2 Å². The number of hydrogen-bond donors (Lipinski definition) is 1. The van der Waals surface area contributed by atoms with Crippen LogP contribution >= 0.6 is 0 Å². The fraction of sp³-hybridized carbons (Fsp3) is 0.350. The normalized spacial score (nSPS) is 15.2. The highest BCUT2D eigenvalue weighted by molar-refractivity contribution is 5.89. The predicted octanol–water partition coefficient (Wildman–Crippen LogP) is 3.74. The molecule has 1 N–H and O–H groups in total. The third kappa shape index (κ3) is 4.79. The second-order valence-electron chi connectivity index (χ2n) is 6.37. The van der Waals surface area contributed by atoms with Gasteiger partial charge in [-0.05, 0) is 41.8 Å². The van der Waals surface area contributed by atoms with Crippen LogP contribution in [0.5, 0.6) is 0 Å². The van der Waals surface area contributed by atoms with Gasteiger partial charge in [-0.25, -0.2) is 9.18 Å². The Morgan fingerprint density at radius 2 is 1.56 bits per heavy atom. The van der Waals surface area contributed by atoms with Crippen LogP contribution < -0.4 is 5.32 Å². The van der Waals surface area contributed by atoms with E-state index in [2.05, 4.69) is 17.1 Å².